The van der Waals surface area contributed by atoms with Gasteiger partial charge in [0.25, 0.3) is 11.5 Å². The van der Waals surface area contributed by atoms with Gasteiger partial charge in [-0.3, -0.25) is 25.0 Å². The number of aromatic nitrogens is 1. The molecule has 3 aromatic carbocycles. The highest BCUT2D eigenvalue weighted by Crippen LogP contribution is 2.22. The Morgan fingerprint density at radius 2 is 1.36 bits per heavy atom. The van der Waals surface area contributed by atoms with E-state index < -0.39 is 0 Å². The third kappa shape index (κ3) is 3.14. The Morgan fingerprint density at radius 3 is 2.04 bits per heavy atom. The molecule has 0 atom stereocenters. The second-order valence-electron chi connectivity index (χ2n) is 6.43. The molecule has 2 N–H and O–H groups in total. The number of rotatable bonds is 4. The fraction of sp³-hybridized carbons (Fsp3) is 0.0435. The summed E-state index contributed by atoms with van der Waals surface area (Å²) in [6, 6.07) is 25.9. The molecule has 138 valence electrons. The third-order valence-corrected chi connectivity index (χ3v) is 4.66. The molecule has 28 heavy (non-hydrogen) atoms. The number of fused-ring (bicyclic) bond motifs is 1. The predicted molar refractivity (Wildman–Crippen MR) is 112 cm³/mol. The summed E-state index contributed by atoms with van der Waals surface area (Å²) in [6.45, 7) is 1.79. The minimum absolute atomic E-state index is 0.146. The summed E-state index contributed by atoms with van der Waals surface area (Å²) in [7, 11) is 0. The van der Waals surface area contributed by atoms with Gasteiger partial charge in [0.1, 0.15) is 0 Å². The van der Waals surface area contributed by atoms with E-state index in [9.17, 15) is 9.59 Å². The molecule has 0 bridgehead atoms. The maximum absolute atomic E-state index is 13.1. The Kier molecular flexibility index (Phi) is 4.64. The van der Waals surface area contributed by atoms with Crippen LogP contribution in [0.5, 0.6) is 0 Å². The number of nitrogens with zero attached hydrogens (tertiary/aromatic N) is 1. The first-order chi connectivity index (χ1) is 13.7. The van der Waals surface area contributed by atoms with Gasteiger partial charge in [0.15, 0.2) is 0 Å². The van der Waals surface area contributed by atoms with Gasteiger partial charge in [0.2, 0.25) is 0 Å². The molecule has 0 aliphatic carbocycles. The lowest BCUT2D eigenvalue weighted by atomic mass is 10.0. The lowest BCUT2D eigenvalue weighted by Gasteiger charge is -2.17. The fourth-order valence-corrected chi connectivity index (χ4v) is 3.35. The van der Waals surface area contributed by atoms with Crippen LogP contribution in [0.2, 0.25) is 0 Å². The average molecular weight is 369 g/mol. The van der Waals surface area contributed by atoms with Crippen molar-refractivity contribution in [2.24, 2.45) is 0 Å². The number of hydrogen-bond acceptors (Lipinski definition) is 3. The summed E-state index contributed by atoms with van der Waals surface area (Å²) in [5, 5.41) is 1.13. The van der Waals surface area contributed by atoms with Crippen LogP contribution in [0.25, 0.3) is 16.5 Å². The summed E-state index contributed by atoms with van der Waals surface area (Å²) in [5.74, 6) is -0.303. The summed E-state index contributed by atoms with van der Waals surface area (Å²) in [5.41, 5.74) is 8.06. The number of amides is 1. The van der Waals surface area contributed by atoms with E-state index >= 15 is 0 Å². The van der Waals surface area contributed by atoms with Crippen molar-refractivity contribution in [1.29, 1.82) is 0 Å². The van der Waals surface area contributed by atoms with E-state index in [1.54, 1.807) is 29.7 Å². The van der Waals surface area contributed by atoms with E-state index in [0.29, 0.717) is 22.0 Å². The van der Waals surface area contributed by atoms with Crippen LogP contribution in [-0.4, -0.2) is 10.5 Å². The third-order valence-electron chi connectivity index (χ3n) is 4.66. The molecule has 4 aromatic rings. The van der Waals surface area contributed by atoms with Crippen molar-refractivity contribution in [2.45, 2.75) is 6.92 Å². The molecule has 0 aliphatic rings. The van der Waals surface area contributed by atoms with Crippen LogP contribution in [0.15, 0.2) is 89.7 Å². The van der Waals surface area contributed by atoms with Gasteiger partial charge in [0.05, 0.1) is 11.3 Å². The summed E-state index contributed by atoms with van der Waals surface area (Å²) in [6.07, 6.45) is 0. The van der Waals surface area contributed by atoms with E-state index in [0.717, 1.165) is 11.4 Å². The van der Waals surface area contributed by atoms with E-state index in [1.165, 1.54) is 0 Å². The second-order valence-corrected chi connectivity index (χ2v) is 6.43. The van der Waals surface area contributed by atoms with Crippen molar-refractivity contribution in [3.8, 4) is 5.69 Å². The second kappa shape index (κ2) is 7.40. The first-order valence-corrected chi connectivity index (χ1v) is 8.98. The zero-order chi connectivity index (χ0) is 19.5. The van der Waals surface area contributed by atoms with Crippen LogP contribution < -0.4 is 16.4 Å². The van der Waals surface area contributed by atoms with Gasteiger partial charge >= 0.3 is 0 Å². The van der Waals surface area contributed by atoms with Crippen LogP contribution in [0.4, 0.5) is 5.69 Å². The number of hydrazine groups is 1. The van der Waals surface area contributed by atoms with Crippen LogP contribution in [-0.2, 0) is 0 Å². The highest BCUT2D eigenvalue weighted by atomic mass is 16.2. The summed E-state index contributed by atoms with van der Waals surface area (Å²) < 4.78 is 1.58. The molecule has 5 heteroatoms. The molecular formula is C23H19N3O2. The van der Waals surface area contributed by atoms with Crippen molar-refractivity contribution < 1.29 is 4.79 Å². The standard InChI is InChI=1S/C23H19N3O2/c1-16-21(22(27)25-24-17-10-4-2-5-11-17)19-14-8-9-15-20(19)23(28)26(16)18-12-6-3-7-13-18/h2-15,24H,1H3,(H,25,27). The lowest BCUT2D eigenvalue weighted by Crippen LogP contribution is -2.33. The molecule has 0 saturated heterocycles. The van der Waals surface area contributed by atoms with E-state index in [4.69, 9.17) is 0 Å². The van der Waals surface area contributed by atoms with Gasteiger partial charge in [-0.1, -0.05) is 54.6 Å². The van der Waals surface area contributed by atoms with Crippen molar-refractivity contribution in [1.82, 2.24) is 9.99 Å². The number of nitrogens with one attached hydrogen (secondary N) is 2. The fourth-order valence-electron chi connectivity index (χ4n) is 3.35. The monoisotopic (exact) mass is 369 g/mol. The van der Waals surface area contributed by atoms with Gasteiger partial charge in [-0.25, -0.2) is 0 Å². The molecule has 0 spiro atoms. The average Bonchev–Trinajstić information content (AvgIpc) is 2.74. The number of pyridine rings is 1. The minimum atomic E-state index is -0.303. The number of carbonyl (C=O) groups excluding carboxylic acids is 1. The van der Waals surface area contributed by atoms with Gasteiger partial charge in [0, 0.05) is 22.2 Å². The molecular weight excluding hydrogens is 350 g/mol. The number of benzene rings is 3. The van der Waals surface area contributed by atoms with Crippen LogP contribution >= 0.6 is 0 Å². The zero-order valence-corrected chi connectivity index (χ0v) is 15.3. The number of carbonyl (C=O) groups is 1. The Labute approximate surface area is 162 Å². The normalized spacial score (nSPS) is 10.6. The Bertz CT molecular complexity index is 1200. The van der Waals surface area contributed by atoms with Crippen molar-refractivity contribution in [2.75, 3.05) is 5.43 Å². The molecule has 4 rings (SSSR count). The van der Waals surface area contributed by atoms with Crippen molar-refractivity contribution in [3.05, 3.63) is 107 Å². The first-order valence-electron chi connectivity index (χ1n) is 8.98. The highest BCUT2D eigenvalue weighted by Gasteiger charge is 2.19. The van der Waals surface area contributed by atoms with Gasteiger partial charge in [-0.05, 0) is 37.3 Å². The van der Waals surface area contributed by atoms with Gasteiger partial charge < -0.3 is 0 Å². The Hall–Kier alpha value is -3.86. The Morgan fingerprint density at radius 1 is 0.786 bits per heavy atom. The molecule has 0 radical (unpaired) electrons. The molecule has 1 heterocycles. The largest absolute Gasteiger partial charge is 0.298 e. The number of hydrogen-bond donors (Lipinski definition) is 2. The summed E-state index contributed by atoms with van der Waals surface area (Å²) >= 11 is 0. The van der Waals surface area contributed by atoms with E-state index in [2.05, 4.69) is 10.9 Å². The number of para-hydroxylation sites is 2. The first kappa shape index (κ1) is 17.5. The van der Waals surface area contributed by atoms with Crippen LogP contribution in [0, 0.1) is 6.92 Å². The molecule has 1 aromatic heterocycles. The molecule has 0 aliphatic heterocycles. The molecule has 5 nitrogen and oxygen atoms in total. The number of anilines is 1. The summed E-state index contributed by atoms with van der Waals surface area (Å²) in [4.78, 5) is 26.2. The van der Waals surface area contributed by atoms with Crippen LogP contribution in [0.1, 0.15) is 16.1 Å². The van der Waals surface area contributed by atoms with E-state index in [-0.39, 0.29) is 11.5 Å². The van der Waals surface area contributed by atoms with Crippen molar-refractivity contribution >= 4 is 22.4 Å². The van der Waals surface area contributed by atoms with Gasteiger partial charge in [-0.15, -0.1) is 0 Å². The highest BCUT2D eigenvalue weighted by molar-refractivity contribution is 6.08. The predicted octanol–water partition coefficient (Wildman–Crippen LogP) is 4.06. The Balaban J connectivity index is 1.85. The van der Waals surface area contributed by atoms with Crippen LogP contribution in [0.3, 0.4) is 0 Å². The molecule has 1 amide bonds. The van der Waals surface area contributed by atoms with Gasteiger partial charge in [-0.2, -0.15) is 0 Å². The van der Waals surface area contributed by atoms with Crippen molar-refractivity contribution in [3.63, 3.8) is 0 Å². The maximum Gasteiger partial charge on any atom is 0.272 e. The molecule has 0 fully saturated rings. The van der Waals surface area contributed by atoms with E-state index in [1.807, 2.05) is 66.7 Å². The lowest BCUT2D eigenvalue weighted by molar-refractivity contribution is 0.0963. The smallest absolute Gasteiger partial charge is 0.272 e. The molecule has 0 saturated carbocycles. The molecule has 0 unspecified atom stereocenters. The zero-order valence-electron chi connectivity index (χ0n) is 15.3. The maximum atomic E-state index is 13.1. The topological polar surface area (TPSA) is 63.1 Å². The SMILES string of the molecule is Cc1c(C(=O)NNc2ccccc2)c2ccccc2c(=O)n1-c1ccccc1. The quantitative estimate of drug-likeness (QED) is 0.533. The minimum Gasteiger partial charge on any atom is -0.298 e.